The molecule has 0 aliphatic carbocycles. The van der Waals surface area contributed by atoms with Gasteiger partial charge in [0.05, 0.1) is 18.3 Å². The van der Waals surface area contributed by atoms with Crippen LogP contribution in [0.2, 0.25) is 0 Å². The maximum Gasteiger partial charge on any atom is 0.416 e. The van der Waals surface area contributed by atoms with Crippen LogP contribution in [0.15, 0.2) is 65.3 Å². The number of rotatable bonds is 6. The monoisotopic (exact) mass is 361 g/mol. The van der Waals surface area contributed by atoms with E-state index in [-0.39, 0.29) is 12.2 Å². The summed E-state index contributed by atoms with van der Waals surface area (Å²) in [6.45, 7) is 1.64. The van der Waals surface area contributed by atoms with Crippen molar-refractivity contribution in [2.75, 3.05) is 11.9 Å². The topological polar surface area (TPSA) is 53.5 Å². The Bertz CT molecular complexity index is 799. The first-order chi connectivity index (χ1) is 12.3. The smallest absolute Gasteiger partial charge is 0.376 e. The normalized spacial score (nSPS) is 12.2. The van der Waals surface area contributed by atoms with Crippen LogP contribution in [-0.2, 0) is 11.0 Å². The van der Waals surface area contributed by atoms with Gasteiger partial charge >= 0.3 is 6.18 Å². The van der Waals surface area contributed by atoms with Gasteiger partial charge in [-0.05, 0) is 36.3 Å². The molecule has 0 atom stereocenters. The molecule has 0 saturated heterocycles. The Kier molecular flexibility index (Phi) is 6.54. The molecule has 0 radical (unpaired) electrons. The standard InChI is InChI=1S/C19H18F3N3O/c1-14(10-15-6-3-2-4-7-15)12-24-25-18(26)13-23-17-9-5-8-16(11-17)19(20,21)22/h2-12,23H,13H2,1H3,(H,25,26)/b14-10-,24-12+. The highest BCUT2D eigenvalue weighted by Crippen LogP contribution is 2.30. The van der Waals surface area contributed by atoms with Gasteiger partial charge in [-0.25, -0.2) is 5.43 Å². The van der Waals surface area contributed by atoms with E-state index >= 15 is 0 Å². The quantitative estimate of drug-likeness (QED) is 0.595. The molecule has 136 valence electrons. The molecule has 2 aromatic carbocycles. The molecule has 0 aliphatic heterocycles. The number of hydrazone groups is 1. The minimum atomic E-state index is -4.42. The lowest BCUT2D eigenvalue weighted by atomic mass is 10.1. The van der Waals surface area contributed by atoms with Crippen molar-refractivity contribution in [1.82, 2.24) is 5.43 Å². The molecule has 0 heterocycles. The van der Waals surface area contributed by atoms with Crippen molar-refractivity contribution in [3.05, 3.63) is 71.3 Å². The van der Waals surface area contributed by atoms with Gasteiger partial charge in [0.1, 0.15) is 0 Å². The second-order valence-electron chi connectivity index (χ2n) is 5.52. The van der Waals surface area contributed by atoms with Crippen molar-refractivity contribution in [2.24, 2.45) is 5.10 Å². The number of benzene rings is 2. The second kappa shape index (κ2) is 8.84. The highest BCUT2D eigenvalue weighted by Gasteiger charge is 2.30. The van der Waals surface area contributed by atoms with Crippen LogP contribution >= 0.6 is 0 Å². The molecule has 0 bridgehead atoms. The Morgan fingerprint density at radius 2 is 1.85 bits per heavy atom. The molecular weight excluding hydrogens is 343 g/mol. The first-order valence-electron chi connectivity index (χ1n) is 7.81. The fourth-order valence-corrected chi connectivity index (χ4v) is 2.08. The SMILES string of the molecule is CC(=C/c1ccccc1)/C=N/NC(=O)CNc1cccc(C(F)(F)F)c1. The maximum absolute atomic E-state index is 12.6. The Morgan fingerprint density at radius 1 is 1.12 bits per heavy atom. The third-order valence-corrected chi connectivity index (χ3v) is 3.29. The predicted molar refractivity (Wildman–Crippen MR) is 96.7 cm³/mol. The van der Waals surface area contributed by atoms with Crippen LogP contribution in [0.25, 0.3) is 6.08 Å². The number of hydrogen-bond donors (Lipinski definition) is 2. The van der Waals surface area contributed by atoms with Gasteiger partial charge < -0.3 is 5.32 Å². The Balaban J connectivity index is 1.83. The van der Waals surface area contributed by atoms with E-state index in [1.165, 1.54) is 18.3 Å². The maximum atomic E-state index is 12.6. The van der Waals surface area contributed by atoms with E-state index in [1.54, 1.807) is 0 Å². The Morgan fingerprint density at radius 3 is 2.54 bits per heavy atom. The van der Waals surface area contributed by atoms with Crippen molar-refractivity contribution in [2.45, 2.75) is 13.1 Å². The summed E-state index contributed by atoms with van der Waals surface area (Å²) in [4.78, 5) is 11.7. The molecule has 0 saturated carbocycles. The largest absolute Gasteiger partial charge is 0.416 e. The van der Waals surface area contributed by atoms with Crippen LogP contribution in [0.1, 0.15) is 18.1 Å². The van der Waals surface area contributed by atoms with Crippen LogP contribution in [0.5, 0.6) is 0 Å². The molecule has 0 aromatic heterocycles. The van der Waals surface area contributed by atoms with E-state index in [1.807, 2.05) is 43.3 Å². The lowest BCUT2D eigenvalue weighted by Crippen LogP contribution is -2.26. The van der Waals surface area contributed by atoms with Crippen molar-refractivity contribution >= 4 is 23.9 Å². The van der Waals surface area contributed by atoms with Crippen LogP contribution in [0.4, 0.5) is 18.9 Å². The number of halogens is 3. The zero-order chi connectivity index (χ0) is 19.0. The van der Waals surface area contributed by atoms with Crippen LogP contribution < -0.4 is 10.7 Å². The number of anilines is 1. The summed E-state index contributed by atoms with van der Waals surface area (Å²) in [5.74, 6) is -0.467. The third-order valence-electron chi connectivity index (χ3n) is 3.29. The summed E-state index contributed by atoms with van der Waals surface area (Å²) in [5.41, 5.74) is 3.60. The Labute approximate surface area is 149 Å². The van der Waals surface area contributed by atoms with Crippen molar-refractivity contribution in [3.63, 3.8) is 0 Å². The number of alkyl halides is 3. The molecule has 0 aliphatic rings. The lowest BCUT2D eigenvalue weighted by molar-refractivity contribution is -0.137. The summed E-state index contributed by atoms with van der Waals surface area (Å²) in [6, 6.07) is 14.3. The molecule has 2 N–H and O–H groups in total. The van der Waals surface area contributed by atoms with E-state index in [4.69, 9.17) is 0 Å². The van der Waals surface area contributed by atoms with Crippen molar-refractivity contribution in [1.29, 1.82) is 0 Å². The van der Waals surface area contributed by atoms with Gasteiger partial charge in [-0.2, -0.15) is 18.3 Å². The molecule has 0 unspecified atom stereocenters. The number of nitrogens with one attached hydrogen (secondary N) is 2. The number of amides is 1. The van der Waals surface area contributed by atoms with E-state index in [9.17, 15) is 18.0 Å². The highest BCUT2D eigenvalue weighted by molar-refractivity contribution is 5.87. The molecule has 1 amide bonds. The fraction of sp³-hybridized carbons (Fsp3) is 0.158. The zero-order valence-corrected chi connectivity index (χ0v) is 14.0. The molecule has 7 heteroatoms. The fourth-order valence-electron chi connectivity index (χ4n) is 2.08. The van der Waals surface area contributed by atoms with Crippen molar-refractivity contribution in [3.8, 4) is 0 Å². The first-order valence-corrected chi connectivity index (χ1v) is 7.81. The summed E-state index contributed by atoms with van der Waals surface area (Å²) in [7, 11) is 0. The molecule has 26 heavy (non-hydrogen) atoms. The van der Waals surface area contributed by atoms with Crippen LogP contribution in [0.3, 0.4) is 0 Å². The van der Waals surface area contributed by atoms with Gasteiger partial charge in [0.2, 0.25) is 0 Å². The number of hydrogen-bond acceptors (Lipinski definition) is 3. The van der Waals surface area contributed by atoms with E-state index in [0.717, 1.165) is 23.3 Å². The minimum absolute atomic E-state index is 0.194. The average Bonchev–Trinajstić information content (AvgIpc) is 2.60. The van der Waals surface area contributed by atoms with Crippen LogP contribution in [-0.4, -0.2) is 18.7 Å². The Hall–Kier alpha value is -3.09. The van der Waals surface area contributed by atoms with Gasteiger partial charge in [-0.3, -0.25) is 4.79 Å². The number of carbonyl (C=O) groups is 1. The number of allylic oxidation sites excluding steroid dienone is 1. The van der Waals surface area contributed by atoms with E-state index in [2.05, 4.69) is 15.8 Å². The minimum Gasteiger partial charge on any atom is -0.376 e. The summed E-state index contributed by atoms with van der Waals surface area (Å²) >= 11 is 0. The van der Waals surface area contributed by atoms with Gasteiger partial charge in [0.15, 0.2) is 0 Å². The predicted octanol–water partition coefficient (Wildman–Crippen LogP) is 4.32. The van der Waals surface area contributed by atoms with E-state index in [0.29, 0.717) is 0 Å². The van der Waals surface area contributed by atoms with Gasteiger partial charge in [0, 0.05) is 5.69 Å². The number of nitrogens with zero attached hydrogens (tertiary/aromatic N) is 1. The molecular formula is C19H18F3N3O. The molecule has 2 aromatic rings. The average molecular weight is 361 g/mol. The summed E-state index contributed by atoms with van der Waals surface area (Å²) in [6.07, 6.45) is -1.03. The summed E-state index contributed by atoms with van der Waals surface area (Å²) < 4.78 is 37.9. The van der Waals surface area contributed by atoms with Crippen LogP contribution in [0, 0.1) is 0 Å². The van der Waals surface area contributed by atoms with Crippen molar-refractivity contribution < 1.29 is 18.0 Å². The first kappa shape index (κ1) is 19.2. The second-order valence-corrected chi connectivity index (χ2v) is 5.52. The number of carbonyl (C=O) groups excluding carboxylic acids is 1. The van der Waals surface area contributed by atoms with Gasteiger partial charge in [-0.15, -0.1) is 0 Å². The third kappa shape index (κ3) is 6.43. The summed E-state index contributed by atoms with van der Waals surface area (Å²) in [5, 5.41) is 6.46. The molecule has 0 fully saturated rings. The highest BCUT2D eigenvalue weighted by atomic mass is 19.4. The van der Waals surface area contributed by atoms with Gasteiger partial charge in [0.25, 0.3) is 5.91 Å². The van der Waals surface area contributed by atoms with Gasteiger partial charge in [-0.1, -0.05) is 42.5 Å². The van der Waals surface area contributed by atoms with E-state index < -0.39 is 17.6 Å². The molecule has 2 rings (SSSR count). The zero-order valence-electron chi connectivity index (χ0n) is 14.0. The molecule has 0 spiro atoms. The lowest BCUT2D eigenvalue weighted by Gasteiger charge is -2.10. The molecule has 4 nitrogen and oxygen atoms in total.